The number of alkyl halides is 1. The number of piperidine rings is 1. The van der Waals surface area contributed by atoms with E-state index in [1.54, 1.807) is 0 Å². The Hall–Kier alpha value is -0.740. The summed E-state index contributed by atoms with van der Waals surface area (Å²) in [5.41, 5.74) is -0.292. The van der Waals surface area contributed by atoms with Gasteiger partial charge in [0.2, 0.25) is 0 Å². The number of rotatable bonds is 2. The van der Waals surface area contributed by atoms with Crippen molar-refractivity contribution in [2.45, 2.75) is 12.8 Å². The van der Waals surface area contributed by atoms with Crippen molar-refractivity contribution in [2.75, 3.05) is 23.9 Å². The fourth-order valence-corrected chi connectivity index (χ4v) is 2.45. The molecule has 0 saturated carbocycles. The molecule has 2 rings (SSSR count). The fraction of sp³-hybridized carbons (Fsp3) is 0.600. The number of anilines is 1. The highest BCUT2D eigenvalue weighted by molar-refractivity contribution is 6.32. The number of aromatic nitrogens is 2. The summed E-state index contributed by atoms with van der Waals surface area (Å²) in [4.78, 5) is 20.0. The molecular weight excluding hydrogens is 249 g/mol. The van der Waals surface area contributed by atoms with Crippen LogP contribution in [0.25, 0.3) is 0 Å². The van der Waals surface area contributed by atoms with E-state index in [0.717, 1.165) is 25.9 Å². The van der Waals surface area contributed by atoms with E-state index in [2.05, 4.69) is 9.97 Å². The van der Waals surface area contributed by atoms with Crippen LogP contribution in [0.1, 0.15) is 12.8 Å². The molecule has 0 spiro atoms. The van der Waals surface area contributed by atoms with Crippen LogP contribution in [0.2, 0.25) is 5.02 Å². The van der Waals surface area contributed by atoms with E-state index < -0.39 is 0 Å². The molecule has 0 radical (unpaired) electrons. The number of halogens is 2. The van der Waals surface area contributed by atoms with Gasteiger partial charge in [-0.05, 0) is 18.8 Å². The zero-order valence-corrected chi connectivity index (χ0v) is 10.3. The number of nitrogens with one attached hydrogen (secondary N) is 1. The van der Waals surface area contributed by atoms with E-state index in [-0.39, 0.29) is 10.6 Å². The van der Waals surface area contributed by atoms with Crippen molar-refractivity contribution in [1.82, 2.24) is 9.97 Å². The monoisotopic (exact) mass is 261 g/mol. The maximum absolute atomic E-state index is 11.4. The standard InChI is InChI=1S/C10H13Cl2N3O/c11-4-7-2-1-3-15(5-7)9-8(12)10(16)14-6-13-9/h6-7H,1-5H2,(H,13,14,16). The Morgan fingerprint density at radius 1 is 1.62 bits per heavy atom. The lowest BCUT2D eigenvalue weighted by atomic mass is 10.0. The SMILES string of the molecule is O=c1[nH]cnc(N2CCCC(CCl)C2)c1Cl. The van der Waals surface area contributed by atoms with Gasteiger partial charge in [-0.25, -0.2) is 4.98 Å². The lowest BCUT2D eigenvalue weighted by Crippen LogP contribution is -2.37. The zero-order valence-electron chi connectivity index (χ0n) is 8.75. The van der Waals surface area contributed by atoms with E-state index in [1.165, 1.54) is 6.33 Å². The number of nitrogens with zero attached hydrogens (tertiary/aromatic N) is 2. The van der Waals surface area contributed by atoms with Crippen molar-refractivity contribution in [2.24, 2.45) is 5.92 Å². The molecule has 4 nitrogen and oxygen atoms in total. The minimum absolute atomic E-state index is 0.165. The molecule has 2 heterocycles. The van der Waals surface area contributed by atoms with Crippen LogP contribution >= 0.6 is 23.2 Å². The molecule has 1 N–H and O–H groups in total. The molecule has 1 unspecified atom stereocenters. The summed E-state index contributed by atoms with van der Waals surface area (Å²) in [6, 6.07) is 0. The van der Waals surface area contributed by atoms with Gasteiger partial charge in [-0.1, -0.05) is 11.6 Å². The molecule has 1 saturated heterocycles. The minimum Gasteiger partial charge on any atom is -0.355 e. The smallest absolute Gasteiger partial charge is 0.271 e. The topological polar surface area (TPSA) is 49.0 Å². The van der Waals surface area contributed by atoms with Crippen molar-refractivity contribution >= 4 is 29.0 Å². The number of hydrogen-bond acceptors (Lipinski definition) is 3. The van der Waals surface area contributed by atoms with Crippen LogP contribution in [0, 0.1) is 5.92 Å². The van der Waals surface area contributed by atoms with E-state index in [1.807, 2.05) is 4.90 Å². The minimum atomic E-state index is -0.292. The second kappa shape index (κ2) is 5.06. The van der Waals surface area contributed by atoms with Gasteiger partial charge in [0.1, 0.15) is 5.02 Å². The Bertz CT molecular complexity index is 421. The van der Waals surface area contributed by atoms with Crippen LogP contribution in [0.4, 0.5) is 5.82 Å². The lowest BCUT2D eigenvalue weighted by Gasteiger charge is -2.32. The fourth-order valence-electron chi connectivity index (χ4n) is 1.98. The third-order valence-electron chi connectivity index (χ3n) is 2.81. The van der Waals surface area contributed by atoms with E-state index in [0.29, 0.717) is 17.6 Å². The molecule has 1 atom stereocenters. The van der Waals surface area contributed by atoms with Gasteiger partial charge in [-0.2, -0.15) is 0 Å². The van der Waals surface area contributed by atoms with Crippen LogP contribution in [0.3, 0.4) is 0 Å². The highest BCUT2D eigenvalue weighted by Gasteiger charge is 2.22. The second-order valence-electron chi connectivity index (χ2n) is 3.98. The van der Waals surface area contributed by atoms with Crippen molar-refractivity contribution < 1.29 is 0 Å². The van der Waals surface area contributed by atoms with Gasteiger partial charge in [0, 0.05) is 19.0 Å². The number of H-pyrrole nitrogens is 1. The average Bonchev–Trinajstić information content (AvgIpc) is 2.33. The Kier molecular flexibility index (Phi) is 3.71. The molecule has 1 fully saturated rings. The lowest BCUT2D eigenvalue weighted by molar-refractivity contribution is 0.448. The summed E-state index contributed by atoms with van der Waals surface area (Å²) in [5.74, 6) is 1.66. The summed E-state index contributed by atoms with van der Waals surface area (Å²) in [5, 5.41) is 0.165. The van der Waals surface area contributed by atoms with Gasteiger partial charge >= 0.3 is 0 Å². The third-order valence-corrected chi connectivity index (χ3v) is 3.59. The summed E-state index contributed by atoms with van der Waals surface area (Å²) in [6.45, 7) is 1.70. The predicted molar refractivity (Wildman–Crippen MR) is 65.5 cm³/mol. The first-order chi connectivity index (χ1) is 7.72. The van der Waals surface area contributed by atoms with E-state index in [4.69, 9.17) is 23.2 Å². The predicted octanol–water partition coefficient (Wildman–Crippen LogP) is 1.88. The van der Waals surface area contributed by atoms with Gasteiger partial charge in [-0.15, -0.1) is 11.6 Å². The third kappa shape index (κ3) is 2.33. The van der Waals surface area contributed by atoms with Gasteiger partial charge in [0.15, 0.2) is 5.82 Å². The normalized spacial score (nSPS) is 21.1. The summed E-state index contributed by atoms with van der Waals surface area (Å²) >= 11 is 11.8. The molecule has 1 aliphatic rings. The average molecular weight is 262 g/mol. The second-order valence-corrected chi connectivity index (χ2v) is 4.66. The zero-order chi connectivity index (χ0) is 11.5. The van der Waals surface area contributed by atoms with Crippen LogP contribution in [-0.2, 0) is 0 Å². The van der Waals surface area contributed by atoms with Crippen LogP contribution in [0.15, 0.2) is 11.1 Å². The first-order valence-electron chi connectivity index (χ1n) is 5.26. The molecule has 1 aromatic rings. The number of aromatic amines is 1. The highest BCUT2D eigenvalue weighted by Crippen LogP contribution is 2.25. The largest absolute Gasteiger partial charge is 0.355 e. The number of hydrogen-bond donors (Lipinski definition) is 1. The van der Waals surface area contributed by atoms with Gasteiger partial charge in [0.25, 0.3) is 5.56 Å². The van der Waals surface area contributed by atoms with Crippen molar-refractivity contribution in [3.63, 3.8) is 0 Å². The first-order valence-corrected chi connectivity index (χ1v) is 6.17. The van der Waals surface area contributed by atoms with Crippen molar-refractivity contribution in [3.05, 3.63) is 21.7 Å². The maximum Gasteiger partial charge on any atom is 0.271 e. The Balaban J connectivity index is 2.23. The van der Waals surface area contributed by atoms with Gasteiger partial charge < -0.3 is 9.88 Å². The Morgan fingerprint density at radius 2 is 2.44 bits per heavy atom. The maximum atomic E-state index is 11.4. The highest BCUT2D eigenvalue weighted by atomic mass is 35.5. The molecule has 1 aromatic heterocycles. The Labute approximate surface area is 104 Å². The molecule has 6 heteroatoms. The molecule has 0 bridgehead atoms. The molecule has 88 valence electrons. The molecule has 16 heavy (non-hydrogen) atoms. The molecular formula is C10H13Cl2N3O. The molecule has 0 amide bonds. The van der Waals surface area contributed by atoms with Gasteiger partial charge in [0.05, 0.1) is 6.33 Å². The summed E-state index contributed by atoms with van der Waals surface area (Å²) in [7, 11) is 0. The molecule has 0 aromatic carbocycles. The van der Waals surface area contributed by atoms with Crippen molar-refractivity contribution in [1.29, 1.82) is 0 Å². The first kappa shape index (κ1) is 11.7. The Morgan fingerprint density at radius 3 is 3.19 bits per heavy atom. The van der Waals surface area contributed by atoms with Crippen molar-refractivity contribution in [3.8, 4) is 0 Å². The molecule has 0 aliphatic carbocycles. The van der Waals surface area contributed by atoms with E-state index in [9.17, 15) is 4.79 Å². The molecule has 1 aliphatic heterocycles. The van der Waals surface area contributed by atoms with Crippen LogP contribution < -0.4 is 10.5 Å². The van der Waals surface area contributed by atoms with Crippen LogP contribution in [0.5, 0.6) is 0 Å². The van der Waals surface area contributed by atoms with E-state index >= 15 is 0 Å². The quantitative estimate of drug-likeness (QED) is 0.828. The van der Waals surface area contributed by atoms with Crippen LogP contribution in [-0.4, -0.2) is 28.9 Å². The van der Waals surface area contributed by atoms with Gasteiger partial charge in [-0.3, -0.25) is 4.79 Å². The summed E-state index contributed by atoms with van der Waals surface area (Å²) < 4.78 is 0. The summed E-state index contributed by atoms with van der Waals surface area (Å²) in [6.07, 6.45) is 3.57.